The van der Waals surface area contributed by atoms with Crippen molar-refractivity contribution in [2.75, 3.05) is 13.2 Å². The summed E-state index contributed by atoms with van der Waals surface area (Å²) >= 11 is 1.65. The molecule has 4 heterocycles. The molecule has 0 aromatic carbocycles. The molecule has 0 saturated carbocycles. The number of thiophene rings is 1. The minimum atomic E-state index is -0.114. The van der Waals surface area contributed by atoms with E-state index in [2.05, 4.69) is 4.98 Å². The Bertz CT molecular complexity index is 789. The van der Waals surface area contributed by atoms with E-state index in [1.54, 1.807) is 29.7 Å². The van der Waals surface area contributed by atoms with Gasteiger partial charge in [0.25, 0.3) is 5.91 Å². The SMILES string of the molecule is O=C(c1cc2ncccc2o1)N(Cc1cccs1)CC1CCCO1. The zero-order chi connectivity index (χ0) is 16.4. The van der Waals surface area contributed by atoms with Crippen LogP contribution in [-0.4, -0.2) is 35.0 Å². The Balaban J connectivity index is 1.59. The van der Waals surface area contributed by atoms with Gasteiger partial charge in [0.15, 0.2) is 11.3 Å². The van der Waals surface area contributed by atoms with E-state index < -0.39 is 0 Å². The summed E-state index contributed by atoms with van der Waals surface area (Å²) < 4.78 is 11.4. The van der Waals surface area contributed by atoms with E-state index in [0.717, 1.165) is 24.3 Å². The minimum Gasteiger partial charge on any atom is -0.449 e. The molecule has 1 saturated heterocycles. The number of carbonyl (C=O) groups is 1. The smallest absolute Gasteiger partial charge is 0.290 e. The molecule has 1 aliphatic heterocycles. The fourth-order valence-electron chi connectivity index (χ4n) is 2.97. The number of nitrogens with zero attached hydrogens (tertiary/aromatic N) is 2. The van der Waals surface area contributed by atoms with E-state index in [0.29, 0.717) is 29.9 Å². The standard InChI is InChI=1S/C18H18N2O3S/c21-18(17-10-15-16(23-17)6-1-7-19-15)20(11-13-4-2-8-22-13)12-14-5-3-9-24-14/h1,3,5-7,9-10,13H,2,4,8,11-12H2. The molecule has 1 unspecified atom stereocenters. The van der Waals surface area contributed by atoms with Crippen LogP contribution in [0.3, 0.4) is 0 Å². The molecule has 3 aromatic heterocycles. The van der Waals surface area contributed by atoms with Crippen LogP contribution in [0.2, 0.25) is 0 Å². The van der Waals surface area contributed by atoms with Gasteiger partial charge >= 0.3 is 0 Å². The predicted molar refractivity (Wildman–Crippen MR) is 92.0 cm³/mol. The number of hydrogen-bond acceptors (Lipinski definition) is 5. The lowest BCUT2D eigenvalue weighted by molar-refractivity contribution is 0.0488. The van der Waals surface area contributed by atoms with Crippen molar-refractivity contribution in [1.82, 2.24) is 9.88 Å². The molecule has 0 bridgehead atoms. The maximum absolute atomic E-state index is 13.0. The summed E-state index contributed by atoms with van der Waals surface area (Å²) in [5, 5.41) is 2.02. The maximum atomic E-state index is 13.0. The van der Waals surface area contributed by atoms with Gasteiger partial charge in [-0.15, -0.1) is 11.3 Å². The molecule has 0 aliphatic carbocycles. The van der Waals surface area contributed by atoms with Gasteiger partial charge in [-0.25, -0.2) is 0 Å². The van der Waals surface area contributed by atoms with Gasteiger partial charge in [0.1, 0.15) is 5.52 Å². The van der Waals surface area contributed by atoms with Crippen molar-refractivity contribution in [3.05, 3.63) is 52.5 Å². The number of fused-ring (bicyclic) bond motifs is 1. The molecule has 3 aromatic rings. The summed E-state index contributed by atoms with van der Waals surface area (Å²) in [5.74, 6) is 0.218. The third-order valence-corrected chi connectivity index (χ3v) is 5.02. The Hall–Kier alpha value is -2.18. The quantitative estimate of drug-likeness (QED) is 0.709. The van der Waals surface area contributed by atoms with Crippen LogP contribution in [0, 0.1) is 0 Å². The number of amides is 1. The van der Waals surface area contributed by atoms with Crippen molar-refractivity contribution in [1.29, 1.82) is 0 Å². The molecule has 1 atom stereocenters. The lowest BCUT2D eigenvalue weighted by Gasteiger charge is -2.24. The highest BCUT2D eigenvalue weighted by molar-refractivity contribution is 7.09. The zero-order valence-corrected chi connectivity index (χ0v) is 14.0. The monoisotopic (exact) mass is 342 g/mol. The second-order valence-electron chi connectivity index (χ2n) is 5.90. The molecule has 0 radical (unpaired) electrons. The number of ether oxygens (including phenoxy) is 1. The largest absolute Gasteiger partial charge is 0.449 e. The van der Waals surface area contributed by atoms with Crippen molar-refractivity contribution >= 4 is 28.3 Å². The molecule has 0 N–H and O–H groups in total. The first-order valence-electron chi connectivity index (χ1n) is 8.07. The van der Waals surface area contributed by atoms with Crippen molar-refractivity contribution in [3.8, 4) is 0 Å². The van der Waals surface area contributed by atoms with Gasteiger partial charge in [-0.05, 0) is 36.4 Å². The highest BCUT2D eigenvalue weighted by Crippen LogP contribution is 2.22. The Kier molecular flexibility index (Phi) is 4.32. The normalized spacial score (nSPS) is 17.4. The molecule has 5 nitrogen and oxygen atoms in total. The predicted octanol–water partition coefficient (Wildman–Crippen LogP) is 3.71. The topological polar surface area (TPSA) is 55.6 Å². The molecule has 1 aliphatic rings. The van der Waals surface area contributed by atoms with Crippen LogP contribution in [0.25, 0.3) is 11.1 Å². The van der Waals surface area contributed by atoms with E-state index >= 15 is 0 Å². The van der Waals surface area contributed by atoms with Gasteiger partial charge in [0, 0.05) is 30.3 Å². The lowest BCUT2D eigenvalue weighted by Crippen LogP contribution is -2.36. The summed E-state index contributed by atoms with van der Waals surface area (Å²) in [4.78, 5) is 20.2. The highest BCUT2D eigenvalue weighted by Gasteiger charge is 2.26. The molecule has 4 rings (SSSR count). The third kappa shape index (κ3) is 3.20. The lowest BCUT2D eigenvalue weighted by atomic mass is 10.2. The van der Waals surface area contributed by atoms with E-state index in [-0.39, 0.29) is 12.0 Å². The second kappa shape index (κ2) is 6.75. The Morgan fingerprint density at radius 3 is 3.08 bits per heavy atom. The third-order valence-electron chi connectivity index (χ3n) is 4.16. The molecular formula is C18H18N2O3S. The maximum Gasteiger partial charge on any atom is 0.290 e. The van der Waals surface area contributed by atoms with Gasteiger partial charge in [0.2, 0.25) is 0 Å². The Labute approximate surface area is 143 Å². The summed E-state index contributed by atoms with van der Waals surface area (Å²) in [5.41, 5.74) is 1.34. The average Bonchev–Trinajstić information content (AvgIpc) is 3.34. The minimum absolute atomic E-state index is 0.108. The van der Waals surface area contributed by atoms with Crippen LogP contribution >= 0.6 is 11.3 Å². The van der Waals surface area contributed by atoms with Crippen LogP contribution in [0.5, 0.6) is 0 Å². The molecule has 124 valence electrons. The van der Waals surface area contributed by atoms with Crippen molar-refractivity contribution < 1.29 is 13.9 Å². The molecule has 1 amide bonds. The van der Waals surface area contributed by atoms with Crippen LogP contribution < -0.4 is 0 Å². The summed E-state index contributed by atoms with van der Waals surface area (Å²) in [6.45, 7) is 1.93. The first-order valence-corrected chi connectivity index (χ1v) is 8.95. The van der Waals surface area contributed by atoms with Crippen molar-refractivity contribution in [2.24, 2.45) is 0 Å². The molecular weight excluding hydrogens is 324 g/mol. The number of hydrogen-bond donors (Lipinski definition) is 0. The van der Waals surface area contributed by atoms with Gasteiger partial charge < -0.3 is 14.1 Å². The number of aromatic nitrogens is 1. The Morgan fingerprint density at radius 2 is 2.33 bits per heavy atom. The van der Waals surface area contributed by atoms with Gasteiger partial charge in [-0.1, -0.05) is 6.07 Å². The van der Waals surface area contributed by atoms with E-state index in [4.69, 9.17) is 9.15 Å². The van der Waals surface area contributed by atoms with Crippen LogP contribution in [-0.2, 0) is 11.3 Å². The number of carbonyl (C=O) groups excluding carboxylic acids is 1. The summed E-state index contributed by atoms with van der Waals surface area (Å²) in [6.07, 6.45) is 3.86. The first kappa shape index (κ1) is 15.4. The van der Waals surface area contributed by atoms with E-state index in [9.17, 15) is 4.79 Å². The van der Waals surface area contributed by atoms with Gasteiger partial charge in [0.05, 0.1) is 12.6 Å². The number of rotatable bonds is 5. The van der Waals surface area contributed by atoms with E-state index in [1.807, 2.05) is 28.5 Å². The van der Waals surface area contributed by atoms with Crippen LogP contribution in [0.4, 0.5) is 0 Å². The average molecular weight is 342 g/mol. The molecule has 0 spiro atoms. The van der Waals surface area contributed by atoms with Gasteiger partial charge in [-0.3, -0.25) is 9.78 Å². The van der Waals surface area contributed by atoms with Gasteiger partial charge in [-0.2, -0.15) is 0 Å². The summed E-state index contributed by atoms with van der Waals surface area (Å²) in [6, 6.07) is 9.38. The second-order valence-corrected chi connectivity index (χ2v) is 6.93. The zero-order valence-electron chi connectivity index (χ0n) is 13.2. The van der Waals surface area contributed by atoms with Crippen molar-refractivity contribution in [3.63, 3.8) is 0 Å². The van der Waals surface area contributed by atoms with Crippen LogP contribution in [0.1, 0.15) is 28.3 Å². The summed E-state index contributed by atoms with van der Waals surface area (Å²) in [7, 11) is 0. The van der Waals surface area contributed by atoms with Crippen LogP contribution in [0.15, 0.2) is 46.3 Å². The molecule has 24 heavy (non-hydrogen) atoms. The van der Waals surface area contributed by atoms with E-state index in [1.165, 1.54) is 0 Å². The highest BCUT2D eigenvalue weighted by atomic mass is 32.1. The first-order chi connectivity index (χ1) is 11.8. The number of pyridine rings is 1. The van der Waals surface area contributed by atoms with Crippen molar-refractivity contribution in [2.45, 2.75) is 25.5 Å². The molecule has 1 fully saturated rings. The molecule has 6 heteroatoms. The Morgan fingerprint density at radius 1 is 1.38 bits per heavy atom. The number of furan rings is 1. The fraction of sp³-hybridized carbons (Fsp3) is 0.333. The fourth-order valence-corrected chi connectivity index (χ4v) is 3.69.